The van der Waals surface area contributed by atoms with E-state index < -0.39 is 44.4 Å². The fourth-order valence-electron chi connectivity index (χ4n) is 8.08. The molecule has 57 heavy (non-hydrogen) atoms. The number of fused-ring (bicyclic) bond motifs is 2. The Labute approximate surface area is 339 Å². The van der Waals surface area contributed by atoms with Crippen molar-refractivity contribution in [3.63, 3.8) is 0 Å². The van der Waals surface area contributed by atoms with Crippen LogP contribution in [-0.4, -0.2) is 80.5 Å². The second-order valence-electron chi connectivity index (χ2n) is 16.2. The van der Waals surface area contributed by atoms with Gasteiger partial charge in [-0.05, 0) is 61.4 Å². The van der Waals surface area contributed by atoms with Crippen LogP contribution in [0.5, 0.6) is 0 Å². The molecule has 3 heterocycles. The number of phosphoric ester groups is 1. The second-order valence-corrected chi connectivity index (χ2v) is 17.6. The van der Waals surface area contributed by atoms with Crippen molar-refractivity contribution in [2.45, 2.75) is 172 Å². The number of anilines is 1. The summed E-state index contributed by atoms with van der Waals surface area (Å²) in [6.07, 6.45) is 20.8. The van der Waals surface area contributed by atoms with Gasteiger partial charge in [0, 0.05) is 6.61 Å². The number of unbranched alkanes of at least 4 members (excludes halogenated alkanes) is 15. The Hall–Kier alpha value is -2.45. The van der Waals surface area contributed by atoms with Crippen LogP contribution in [0, 0.1) is 0 Å². The third-order valence-electron chi connectivity index (χ3n) is 11.6. The van der Waals surface area contributed by atoms with E-state index in [0.717, 1.165) is 37.7 Å². The lowest BCUT2D eigenvalue weighted by molar-refractivity contribution is -0.0901. The van der Waals surface area contributed by atoms with Crippen molar-refractivity contribution in [3.8, 4) is 0 Å². The summed E-state index contributed by atoms with van der Waals surface area (Å²) in [6.45, 7) is 4.17. The smallest absolute Gasteiger partial charge is 0.387 e. The Kier molecular flexibility index (Phi) is 18.7. The first-order valence-electron chi connectivity index (χ1n) is 21.7. The van der Waals surface area contributed by atoms with Crippen LogP contribution in [0.2, 0.25) is 0 Å². The predicted octanol–water partition coefficient (Wildman–Crippen LogP) is 8.13. The SMILES string of the molecule is CCCCCCCCCCCCCCCCCCOC[C@H](COP(=O)(O)OC[C@H]1O[C@@](C)(c2ccc3c(N)ncnn23)[C@H](O)[C@@H]1O)OCc1ccc2c(c1)CCC2. The summed E-state index contributed by atoms with van der Waals surface area (Å²) in [7, 11) is -4.63. The fourth-order valence-corrected chi connectivity index (χ4v) is 8.84. The largest absolute Gasteiger partial charge is 0.472 e. The van der Waals surface area contributed by atoms with Gasteiger partial charge in [-0.2, -0.15) is 5.10 Å². The van der Waals surface area contributed by atoms with E-state index in [2.05, 4.69) is 35.2 Å². The number of nitrogens with zero attached hydrogens (tertiary/aromatic N) is 3. The van der Waals surface area contributed by atoms with E-state index in [9.17, 15) is 19.7 Å². The normalized spacial score (nSPS) is 22.3. The average Bonchev–Trinajstić information content (AvgIpc) is 3.92. The molecule has 320 valence electrons. The van der Waals surface area contributed by atoms with E-state index in [4.69, 9.17) is 29.0 Å². The van der Waals surface area contributed by atoms with E-state index in [1.807, 2.05) is 0 Å². The zero-order valence-electron chi connectivity index (χ0n) is 34.4. The second kappa shape index (κ2) is 23.4. The standard InChI is InChI=1S/C43H69N4O9P/c1-3-4-5-6-7-8-9-10-11-12-13-14-15-16-17-18-26-52-29-36(53-28-33-22-23-34-20-19-21-35(34)27-33)30-54-57(50,51)55-31-38-40(48)41(49)43(2,56-38)39-25-24-37-42(44)45-32-46-47(37)39/h22-25,27,32,36,38,40-41,48-49H,3-21,26,28-31H2,1-2H3,(H,50,51)(H2,44,45,46)/t36-,38-,40-,41-,43+/m1/s1. The Morgan fingerprint density at radius 3 is 2.23 bits per heavy atom. The average molecular weight is 817 g/mol. The zero-order valence-corrected chi connectivity index (χ0v) is 35.3. The maximum Gasteiger partial charge on any atom is 0.472 e. The van der Waals surface area contributed by atoms with Crippen molar-refractivity contribution in [1.82, 2.24) is 14.6 Å². The summed E-state index contributed by atoms with van der Waals surface area (Å²) in [5.41, 5.74) is 9.22. The molecule has 1 saturated heterocycles. The fraction of sp³-hybridized carbons (Fsp3) is 0.721. The molecular weight excluding hydrogens is 747 g/mol. The van der Waals surface area contributed by atoms with Crippen LogP contribution in [0.25, 0.3) is 5.52 Å². The maximum atomic E-state index is 13.1. The number of nitrogens with two attached hydrogens (primary N) is 1. The minimum Gasteiger partial charge on any atom is -0.387 e. The molecule has 1 fully saturated rings. The van der Waals surface area contributed by atoms with Gasteiger partial charge in [0.25, 0.3) is 0 Å². The summed E-state index contributed by atoms with van der Waals surface area (Å²) >= 11 is 0. The van der Waals surface area contributed by atoms with Crippen molar-refractivity contribution in [2.24, 2.45) is 0 Å². The van der Waals surface area contributed by atoms with Crippen LogP contribution in [-0.2, 0) is 52.9 Å². The topological polar surface area (TPSA) is 180 Å². The van der Waals surface area contributed by atoms with Gasteiger partial charge in [0.2, 0.25) is 0 Å². The molecule has 5 rings (SSSR count). The molecule has 3 aromatic rings. The highest BCUT2D eigenvalue weighted by molar-refractivity contribution is 7.47. The van der Waals surface area contributed by atoms with Crippen molar-refractivity contribution in [3.05, 3.63) is 59.0 Å². The van der Waals surface area contributed by atoms with E-state index in [0.29, 0.717) is 24.4 Å². The molecule has 14 heteroatoms. The Morgan fingerprint density at radius 2 is 1.54 bits per heavy atom. The summed E-state index contributed by atoms with van der Waals surface area (Å²) in [4.78, 5) is 14.6. The number of aromatic nitrogens is 3. The highest BCUT2D eigenvalue weighted by Crippen LogP contribution is 2.46. The molecule has 1 aliphatic heterocycles. The first kappa shape index (κ1) is 45.6. The van der Waals surface area contributed by atoms with Crippen LogP contribution in [0.4, 0.5) is 5.82 Å². The number of benzene rings is 1. The minimum absolute atomic E-state index is 0.192. The third-order valence-corrected chi connectivity index (χ3v) is 12.5. The molecule has 2 aliphatic rings. The molecule has 0 spiro atoms. The molecule has 2 aromatic heterocycles. The number of nitrogen functional groups attached to an aromatic ring is 1. The van der Waals surface area contributed by atoms with Crippen LogP contribution in [0.3, 0.4) is 0 Å². The molecule has 0 bridgehead atoms. The number of aryl methyl sites for hydroxylation is 2. The van der Waals surface area contributed by atoms with E-state index in [-0.39, 0.29) is 19.0 Å². The first-order chi connectivity index (χ1) is 27.6. The van der Waals surface area contributed by atoms with E-state index >= 15 is 0 Å². The number of ether oxygens (including phenoxy) is 3. The van der Waals surface area contributed by atoms with Crippen molar-refractivity contribution in [1.29, 1.82) is 0 Å². The molecule has 6 atom stereocenters. The van der Waals surface area contributed by atoms with E-state index in [1.54, 1.807) is 19.1 Å². The Bertz CT molecular complexity index is 1680. The molecule has 0 amide bonds. The number of phosphoric acid groups is 1. The van der Waals surface area contributed by atoms with Gasteiger partial charge in [0.1, 0.15) is 41.9 Å². The van der Waals surface area contributed by atoms with Crippen LogP contribution in [0.1, 0.15) is 145 Å². The van der Waals surface area contributed by atoms with Crippen molar-refractivity contribution in [2.75, 3.05) is 32.2 Å². The number of hydrogen-bond acceptors (Lipinski definition) is 11. The lowest BCUT2D eigenvalue weighted by Gasteiger charge is -2.27. The number of hydrogen-bond donors (Lipinski definition) is 4. The molecular formula is C43H69N4O9P. The van der Waals surface area contributed by atoms with Crippen LogP contribution < -0.4 is 5.73 Å². The van der Waals surface area contributed by atoms with Gasteiger partial charge >= 0.3 is 7.82 Å². The number of aliphatic hydroxyl groups is 2. The molecule has 1 aromatic carbocycles. The Balaban J connectivity index is 1.01. The maximum absolute atomic E-state index is 13.1. The zero-order chi connectivity index (χ0) is 40.5. The van der Waals surface area contributed by atoms with Crippen LogP contribution >= 0.6 is 7.82 Å². The van der Waals surface area contributed by atoms with E-state index in [1.165, 1.54) is 112 Å². The molecule has 13 nitrogen and oxygen atoms in total. The summed E-state index contributed by atoms with van der Waals surface area (Å²) < 4.78 is 43.5. The predicted molar refractivity (Wildman–Crippen MR) is 221 cm³/mol. The molecule has 1 unspecified atom stereocenters. The van der Waals surface area contributed by atoms with Crippen LogP contribution in [0.15, 0.2) is 36.7 Å². The van der Waals surface area contributed by atoms with Gasteiger partial charge in [-0.1, -0.05) is 121 Å². The van der Waals surface area contributed by atoms with Crippen molar-refractivity contribution < 1.29 is 42.9 Å². The molecule has 5 N–H and O–H groups in total. The monoisotopic (exact) mass is 816 g/mol. The lowest BCUT2D eigenvalue weighted by atomic mass is 9.93. The first-order valence-corrected chi connectivity index (χ1v) is 23.2. The highest BCUT2D eigenvalue weighted by Gasteiger charge is 2.54. The van der Waals surface area contributed by atoms with Gasteiger partial charge in [0.05, 0.1) is 32.1 Å². The van der Waals surface area contributed by atoms with Gasteiger partial charge in [-0.15, -0.1) is 0 Å². The Morgan fingerprint density at radius 1 is 0.895 bits per heavy atom. The highest BCUT2D eigenvalue weighted by atomic mass is 31.2. The summed E-state index contributed by atoms with van der Waals surface area (Å²) in [5, 5.41) is 26.1. The molecule has 1 aliphatic carbocycles. The quantitative estimate of drug-likeness (QED) is 0.0391. The summed E-state index contributed by atoms with van der Waals surface area (Å²) in [6, 6.07) is 9.74. The summed E-state index contributed by atoms with van der Waals surface area (Å²) in [5.74, 6) is 0.242. The molecule has 0 radical (unpaired) electrons. The van der Waals surface area contributed by atoms with Gasteiger partial charge in [-0.3, -0.25) is 9.05 Å². The van der Waals surface area contributed by atoms with Gasteiger partial charge in [-0.25, -0.2) is 14.1 Å². The number of rotatable bonds is 29. The lowest BCUT2D eigenvalue weighted by Crippen LogP contribution is -2.39. The third kappa shape index (κ3) is 13.8. The number of aliphatic hydroxyl groups excluding tert-OH is 2. The van der Waals surface area contributed by atoms with Gasteiger partial charge in [0.15, 0.2) is 5.82 Å². The molecule has 0 saturated carbocycles. The van der Waals surface area contributed by atoms with Crippen molar-refractivity contribution >= 4 is 19.2 Å². The van der Waals surface area contributed by atoms with Gasteiger partial charge < -0.3 is 35.1 Å². The minimum atomic E-state index is -4.63.